The third kappa shape index (κ3) is 3.96. The quantitative estimate of drug-likeness (QED) is 0.644. The van der Waals surface area contributed by atoms with Gasteiger partial charge in [0.15, 0.2) is 0 Å². The van der Waals surface area contributed by atoms with Gasteiger partial charge >= 0.3 is 0 Å². The van der Waals surface area contributed by atoms with Crippen LogP contribution in [0.25, 0.3) is 0 Å². The fourth-order valence-electron chi connectivity index (χ4n) is 3.48. The average Bonchev–Trinajstić information content (AvgIpc) is 2.86. The van der Waals surface area contributed by atoms with Crippen molar-refractivity contribution in [3.05, 3.63) is 0 Å². The molecule has 0 aromatic carbocycles. The zero-order valence-electron chi connectivity index (χ0n) is 11.4. The minimum absolute atomic E-state index is 0.324. The van der Waals surface area contributed by atoms with Gasteiger partial charge < -0.3 is 4.74 Å². The van der Waals surface area contributed by atoms with Gasteiger partial charge in [-0.1, -0.05) is 42.6 Å². The number of halogens is 1. The summed E-state index contributed by atoms with van der Waals surface area (Å²) < 4.78 is 6.34. The molecule has 0 N–H and O–H groups in total. The van der Waals surface area contributed by atoms with Crippen molar-refractivity contribution < 1.29 is 4.74 Å². The van der Waals surface area contributed by atoms with Crippen molar-refractivity contribution in [1.29, 1.82) is 0 Å². The molecule has 2 atom stereocenters. The van der Waals surface area contributed by atoms with Gasteiger partial charge in [-0.2, -0.15) is 0 Å². The highest BCUT2D eigenvalue weighted by atomic mass is 79.9. The number of hydrogen-bond acceptors (Lipinski definition) is 1. The van der Waals surface area contributed by atoms with Gasteiger partial charge in [0, 0.05) is 4.83 Å². The first kappa shape index (κ1) is 13.9. The Morgan fingerprint density at radius 2 is 1.94 bits per heavy atom. The van der Waals surface area contributed by atoms with E-state index in [1.807, 2.05) is 0 Å². The van der Waals surface area contributed by atoms with Crippen LogP contribution in [0.3, 0.4) is 0 Å². The molecule has 1 nitrogen and oxygen atoms in total. The Kier molecular flexibility index (Phi) is 4.94. The van der Waals surface area contributed by atoms with Crippen LogP contribution in [0.2, 0.25) is 0 Å². The zero-order chi connectivity index (χ0) is 12.3. The van der Waals surface area contributed by atoms with Gasteiger partial charge in [0.05, 0.1) is 11.7 Å². The standard InChI is InChI=1S/C15H27BrO/c1-12(2)11-13(16)5-6-14-7-10-15(17-14)8-3-4-9-15/h12-14H,3-11H2,1-2H3. The van der Waals surface area contributed by atoms with E-state index in [0.717, 1.165) is 5.92 Å². The summed E-state index contributed by atoms with van der Waals surface area (Å²) in [7, 11) is 0. The van der Waals surface area contributed by atoms with Gasteiger partial charge in [0.25, 0.3) is 0 Å². The molecule has 2 heteroatoms. The molecule has 100 valence electrons. The molecule has 0 aromatic heterocycles. The van der Waals surface area contributed by atoms with Crippen LogP contribution in [-0.2, 0) is 4.74 Å². The largest absolute Gasteiger partial charge is 0.372 e. The van der Waals surface area contributed by atoms with Gasteiger partial charge in [-0.3, -0.25) is 0 Å². The lowest BCUT2D eigenvalue weighted by Crippen LogP contribution is -2.25. The molecular formula is C15H27BrO. The lowest BCUT2D eigenvalue weighted by atomic mass is 9.97. The molecule has 0 bridgehead atoms. The summed E-state index contributed by atoms with van der Waals surface area (Å²) in [5, 5.41) is 0. The summed E-state index contributed by atoms with van der Waals surface area (Å²) in [6.07, 6.45) is 12.4. The number of ether oxygens (including phenoxy) is 1. The summed E-state index contributed by atoms with van der Waals surface area (Å²) in [5.74, 6) is 0.796. The molecule has 1 aliphatic carbocycles. The second-order valence-corrected chi connectivity index (χ2v) is 7.77. The molecule has 17 heavy (non-hydrogen) atoms. The maximum absolute atomic E-state index is 6.34. The smallest absolute Gasteiger partial charge is 0.0687 e. The van der Waals surface area contributed by atoms with Crippen molar-refractivity contribution in [3.8, 4) is 0 Å². The molecule has 0 radical (unpaired) electrons. The first-order valence-corrected chi connectivity index (χ1v) is 8.33. The maximum atomic E-state index is 6.34. The Labute approximate surface area is 115 Å². The fourth-order valence-corrected chi connectivity index (χ4v) is 4.49. The maximum Gasteiger partial charge on any atom is 0.0687 e. The first-order valence-electron chi connectivity index (χ1n) is 7.41. The third-order valence-electron chi connectivity index (χ3n) is 4.38. The molecule has 1 heterocycles. The minimum atomic E-state index is 0.324. The van der Waals surface area contributed by atoms with Crippen LogP contribution in [0, 0.1) is 5.92 Å². The van der Waals surface area contributed by atoms with E-state index in [1.54, 1.807) is 0 Å². The van der Waals surface area contributed by atoms with E-state index in [4.69, 9.17) is 4.74 Å². The van der Waals surface area contributed by atoms with E-state index in [-0.39, 0.29) is 0 Å². The van der Waals surface area contributed by atoms with Crippen molar-refractivity contribution in [2.24, 2.45) is 5.92 Å². The predicted octanol–water partition coefficient (Wildman–Crippen LogP) is 5.07. The van der Waals surface area contributed by atoms with Crippen LogP contribution < -0.4 is 0 Å². The van der Waals surface area contributed by atoms with Gasteiger partial charge in [-0.25, -0.2) is 0 Å². The van der Waals surface area contributed by atoms with Crippen LogP contribution >= 0.6 is 15.9 Å². The SMILES string of the molecule is CC(C)CC(Br)CCC1CCC2(CCCC2)O1. The van der Waals surface area contributed by atoms with Crippen LogP contribution in [0.1, 0.15) is 71.6 Å². The summed E-state index contributed by atoms with van der Waals surface area (Å²) in [6.45, 7) is 4.60. The third-order valence-corrected chi connectivity index (χ3v) is 5.21. The highest BCUT2D eigenvalue weighted by molar-refractivity contribution is 9.09. The number of hydrogen-bond donors (Lipinski definition) is 0. The number of rotatable bonds is 5. The summed E-state index contributed by atoms with van der Waals surface area (Å²) in [4.78, 5) is 0.686. The van der Waals surface area contributed by atoms with Gasteiger partial charge in [0.2, 0.25) is 0 Å². The van der Waals surface area contributed by atoms with E-state index >= 15 is 0 Å². The number of alkyl halides is 1. The average molecular weight is 303 g/mol. The van der Waals surface area contributed by atoms with Crippen molar-refractivity contribution in [1.82, 2.24) is 0 Å². The van der Waals surface area contributed by atoms with Gasteiger partial charge in [-0.15, -0.1) is 0 Å². The Bertz CT molecular complexity index is 233. The van der Waals surface area contributed by atoms with E-state index in [2.05, 4.69) is 29.8 Å². The van der Waals surface area contributed by atoms with Crippen LogP contribution in [0.15, 0.2) is 0 Å². The molecule has 1 saturated carbocycles. The normalized spacial score (nSPS) is 29.3. The van der Waals surface area contributed by atoms with Crippen LogP contribution in [0.5, 0.6) is 0 Å². The van der Waals surface area contributed by atoms with Crippen molar-refractivity contribution in [3.63, 3.8) is 0 Å². The molecule has 1 saturated heterocycles. The molecule has 2 aliphatic rings. The molecule has 2 unspecified atom stereocenters. The summed E-state index contributed by atoms with van der Waals surface area (Å²) in [5.41, 5.74) is 0.324. The molecule has 0 aromatic rings. The molecule has 2 rings (SSSR count). The molecule has 1 aliphatic heterocycles. The van der Waals surface area contributed by atoms with Crippen molar-refractivity contribution in [2.75, 3.05) is 0 Å². The highest BCUT2D eigenvalue weighted by Crippen LogP contribution is 2.44. The molecule has 1 spiro atoms. The molecule has 2 fully saturated rings. The summed E-state index contributed by atoms with van der Waals surface area (Å²) in [6, 6.07) is 0. The lowest BCUT2D eigenvalue weighted by Gasteiger charge is -2.24. The van der Waals surface area contributed by atoms with Gasteiger partial charge in [-0.05, 0) is 50.9 Å². The second kappa shape index (κ2) is 6.06. The first-order chi connectivity index (χ1) is 8.10. The molecular weight excluding hydrogens is 276 g/mol. The second-order valence-electron chi connectivity index (χ2n) is 6.47. The Morgan fingerprint density at radius 3 is 2.59 bits per heavy atom. The van der Waals surface area contributed by atoms with Crippen molar-refractivity contribution in [2.45, 2.75) is 88.2 Å². The van der Waals surface area contributed by atoms with E-state index in [9.17, 15) is 0 Å². The van der Waals surface area contributed by atoms with Gasteiger partial charge in [0.1, 0.15) is 0 Å². The highest BCUT2D eigenvalue weighted by Gasteiger charge is 2.41. The molecule has 0 amide bonds. The van der Waals surface area contributed by atoms with E-state index in [0.29, 0.717) is 16.5 Å². The predicted molar refractivity (Wildman–Crippen MR) is 76.7 cm³/mol. The van der Waals surface area contributed by atoms with Crippen molar-refractivity contribution >= 4 is 15.9 Å². The Hall–Kier alpha value is 0.440. The Morgan fingerprint density at radius 1 is 1.24 bits per heavy atom. The van der Waals surface area contributed by atoms with Crippen LogP contribution in [-0.4, -0.2) is 16.5 Å². The zero-order valence-corrected chi connectivity index (χ0v) is 13.0. The lowest BCUT2D eigenvalue weighted by molar-refractivity contribution is -0.0394. The van der Waals surface area contributed by atoms with E-state index in [1.165, 1.54) is 57.8 Å². The van der Waals surface area contributed by atoms with E-state index < -0.39 is 0 Å². The Balaban J connectivity index is 1.67. The minimum Gasteiger partial charge on any atom is -0.372 e. The summed E-state index contributed by atoms with van der Waals surface area (Å²) >= 11 is 3.81. The topological polar surface area (TPSA) is 9.23 Å². The monoisotopic (exact) mass is 302 g/mol. The fraction of sp³-hybridized carbons (Fsp3) is 1.00. The van der Waals surface area contributed by atoms with Crippen LogP contribution in [0.4, 0.5) is 0 Å².